The van der Waals surface area contributed by atoms with Crippen molar-refractivity contribution < 1.29 is 4.74 Å². The molecule has 7 heteroatoms. The van der Waals surface area contributed by atoms with Gasteiger partial charge in [-0.1, -0.05) is 29.8 Å². The van der Waals surface area contributed by atoms with Gasteiger partial charge in [0.25, 0.3) is 0 Å². The maximum absolute atomic E-state index is 6.20. The number of aromatic nitrogens is 4. The topological polar surface area (TPSA) is 64.9 Å². The van der Waals surface area contributed by atoms with Gasteiger partial charge in [0.15, 0.2) is 0 Å². The molecule has 0 aliphatic rings. The largest absolute Gasteiger partial charge is 0.477 e. The van der Waals surface area contributed by atoms with Gasteiger partial charge in [-0.2, -0.15) is 0 Å². The van der Waals surface area contributed by atoms with Gasteiger partial charge in [0, 0.05) is 24.7 Å². The molecule has 130 valence electrons. The van der Waals surface area contributed by atoms with Crippen LogP contribution < -0.4 is 10.1 Å². The van der Waals surface area contributed by atoms with Gasteiger partial charge in [0.05, 0.1) is 18.0 Å². The van der Waals surface area contributed by atoms with E-state index in [1.54, 1.807) is 4.68 Å². The zero-order chi connectivity index (χ0) is 17.6. The molecular weight excluding hydrogens is 338 g/mol. The van der Waals surface area contributed by atoms with Gasteiger partial charge in [-0.3, -0.25) is 0 Å². The minimum absolute atomic E-state index is 0.156. The molecule has 3 rings (SSSR count). The number of halogens is 1. The van der Waals surface area contributed by atoms with Crippen molar-refractivity contribution in [2.75, 3.05) is 11.9 Å². The average Bonchev–Trinajstić information content (AvgIpc) is 3.09. The van der Waals surface area contributed by atoms with Crippen molar-refractivity contribution in [2.24, 2.45) is 0 Å². The molecule has 0 amide bonds. The number of hydrogen-bond acceptors (Lipinski definition) is 5. The second kappa shape index (κ2) is 7.98. The van der Waals surface area contributed by atoms with Gasteiger partial charge >= 0.3 is 0 Å². The molecule has 2 heterocycles. The molecule has 1 N–H and O–H groups in total. The molecule has 6 nitrogen and oxygen atoms in total. The fourth-order valence-corrected chi connectivity index (χ4v) is 2.47. The molecular formula is C18H20ClN5O. The fraction of sp³-hybridized carbons (Fsp3) is 0.278. The van der Waals surface area contributed by atoms with E-state index in [2.05, 4.69) is 27.3 Å². The van der Waals surface area contributed by atoms with E-state index >= 15 is 0 Å². The smallest absolute Gasteiger partial charge is 0.233 e. The van der Waals surface area contributed by atoms with E-state index < -0.39 is 0 Å². The van der Waals surface area contributed by atoms with Crippen LogP contribution in [0.3, 0.4) is 0 Å². The van der Waals surface area contributed by atoms with E-state index in [-0.39, 0.29) is 6.04 Å². The molecule has 1 unspecified atom stereocenters. The van der Waals surface area contributed by atoms with Gasteiger partial charge in [-0.25, -0.2) is 14.6 Å². The number of nitrogens with one attached hydrogen (secondary N) is 1. The normalized spacial score (nSPS) is 12.0. The summed E-state index contributed by atoms with van der Waals surface area (Å²) >= 11 is 6.20. The van der Waals surface area contributed by atoms with Gasteiger partial charge in [0.1, 0.15) is 17.2 Å². The van der Waals surface area contributed by atoms with E-state index in [1.807, 2.05) is 49.5 Å². The Kier molecular flexibility index (Phi) is 5.50. The Labute approximate surface area is 151 Å². The van der Waals surface area contributed by atoms with Crippen LogP contribution in [0.4, 0.5) is 5.82 Å². The zero-order valence-electron chi connectivity index (χ0n) is 14.2. The Hall–Kier alpha value is -2.60. The zero-order valence-corrected chi connectivity index (χ0v) is 14.9. The van der Waals surface area contributed by atoms with E-state index in [9.17, 15) is 0 Å². The number of rotatable bonds is 7. The minimum atomic E-state index is 0.156. The number of nitrogens with zero attached hydrogens (tertiary/aromatic N) is 4. The summed E-state index contributed by atoms with van der Waals surface area (Å²) in [5.41, 5.74) is 1.76. The number of benzene rings is 1. The van der Waals surface area contributed by atoms with Crippen molar-refractivity contribution in [2.45, 2.75) is 26.3 Å². The van der Waals surface area contributed by atoms with E-state index in [4.69, 9.17) is 16.3 Å². The summed E-state index contributed by atoms with van der Waals surface area (Å²) in [7, 11) is 0. The minimum Gasteiger partial charge on any atom is -0.477 e. The van der Waals surface area contributed by atoms with Crippen LogP contribution in [-0.2, 0) is 0 Å². The summed E-state index contributed by atoms with van der Waals surface area (Å²) in [6.45, 7) is 4.45. The first-order chi connectivity index (χ1) is 12.1. The Bertz CT molecular complexity index is 821. The van der Waals surface area contributed by atoms with Gasteiger partial charge in [0.2, 0.25) is 5.88 Å². The average molecular weight is 358 g/mol. The van der Waals surface area contributed by atoms with Crippen molar-refractivity contribution in [3.63, 3.8) is 0 Å². The van der Waals surface area contributed by atoms with Crippen molar-refractivity contribution >= 4 is 17.4 Å². The highest BCUT2D eigenvalue weighted by molar-refractivity contribution is 6.33. The summed E-state index contributed by atoms with van der Waals surface area (Å²) in [4.78, 5) is 8.23. The number of ether oxygens (including phenoxy) is 1. The molecule has 0 bridgehead atoms. The first-order valence-electron chi connectivity index (χ1n) is 8.11. The van der Waals surface area contributed by atoms with Crippen molar-refractivity contribution in [3.05, 3.63) is 59.6 Å². The second-order valence-electron chi connectivity index (χ2n) is 5.74. The van der Waals surface area contributed by atoms with E-state index in [0.717, 1.165) is 17.8 Å². The Morgan fingerprint density at radius 1 is 1.20 bits per heavy atom. The first-order valence-corrected chi connectivity index (χ1v) is 8.49. The molecule has 0 saturated heterocycles. The first kappa shape index (κ1) is 17.2. The number of aryl methyl sites for hydroxylation is 1. The molecule has 25 heavy (non-hydrogen) atoms. The highest BCUT2D eigenvalue weighted by atomic mass is 35.5. The maximum atomic E-state index is 6.20. The third kappa shape index (κ3) is 4.48. The molecule has 0 radical (unpaired) electrons. The molecule has 0 aliphatic heterocycles. The van der Waals surface area contributed by atoms with Crippen molar-refractivity contribution in [1.82, 2.24) is 19.7 Å². The van der Waals surface area contributed by atoms with Crippen molar-refractivity contribution in [1.29, 1.82) is 0 Å². The highest BCUT2D eigenvalue weighted by Gasteiger charge is 2.10. The molecule has 1 aromatic carbocycles. The summed E-state index contributed by atoms with van der Waals surface area (Å²) in [5.74, 6) is 1.25. The third-order valence-electron chi connectivity index (χ3n) is 3.73. The lowest BCUT2D eigenvalue weighted by Crippen LogP contribution is -2.19. The molecule has 0 spiro atoms. The third-order valence-corrected chi connectivity index (χ3v) is 4.19. The number of anilines is 1. The van der Waals surface area contributed by atoms with Gasteiger partial charge < -0.3 is 10.1 Å². The summed E-state index contributed by atoms with van der Waals surface area (Å²) in [6, 6.07) is 11.9. The van der Waals surface area contributed by atoms with Crippen LogP contribution in [0.1, 0.15) is 19.0 Å². The van der Waals surface area contributed by atoms with E-state index in [0.29, 0.717) is 23.3 Å². The molecule has 0 saturated carbocycles. The quantitative estimate of drug-likeness (QED) is 0.694. The molecule has 3 aromatic rings. The van der Waals surface area contributed by atoms with Crippen molar-refractivity contribution in [3.8, 4) is 11.6 Å². The van der Waals surface area contributed by atoms with Crippen LogP contribution in [0.2, 0.25) is 5.02 Å². The SMILES string of the molecule is Cc1ncnc(NC(C)CCOc2ccn(-c3ccccc3)n2)c1Cl. The van der Waals surface area contributed by atoms with Crippen LogP contribution in [0, 0.1) is 6.92 Å². The lowest BCUT2D eigenvalue weighted by molar-refractivity contribution is 0.291. The van der Waals surface area contributed by atoms with Gasteiger partial charge in [-0.05, 0) is 26.0 Å². The van der Waals surface area contributed by atoms with Crippen LogP contribution in [0.25, 0.3) is 5.69 Å². The predicted molar refractivity (Wildman–Crippen MR) is 98.5 cm³/mol. The summed E-state index contributed by atoms with van der Waals surface area (Å²) < 4.78 is 7.52. The lowest BCUT2D eigenvalue weighted by atomic mass is 10.2. The standard InChI is InChI=1S/C18H20ClN5O/c1-13(22-18-17(19)14(2)20-12-21-18)9-11-25-16-8-10-24(23-16)15-6-4-3-5-7-15/h3-8,10,12-13H,9,11H2,1-2H3,(H,20,21,22). The summed E-state index contributed by atoms with van der Waals surface area (Å²) in [6.07, 6.45) is 4.18. The highest BCUT2D eigenvalue weighted by Crippen LogP contribution is 2.22. The Morgan fingerprint density at radius 2 is 2.00 bits per heavy atom. The number of para-hydroxylation sites is 1. The van der Waals surface area contributed by atoms with Gasteiger partial charge in [-0.15, -0.1) is 5.10 Å². The Morgan fingerprint density at radius 3 is 2.80 bits per heavy atom. The predicted octanol–water partition coefficient (Wildman–Crippen LogP) is 3.89. The van der Waals surface area contributed by atoms with Crippen LogP contribution in [0.5, 0.6) is 5.88 Å². The fourth-order valence-electron chi connectivity index (χ4n) is 2.31. The number of hydrogen-bond donors (Lipinski definition) is 1. The molecule has 0 fully saturated rings. The summed E-state index contributed by atoms with van der Waals surface area (Å²) in [5, 5.41) is 8.25. The van der Waals surface area contributed by atoms with E-state index in [1.165, 1.54) is 6.33 Å². The molecule has 2 aromatic heterocycles. The lowest BCUT2D eigenvalue weighted by Gasteiger charge is -2.15. The molecule has 1 atom stereocenters. The van der Waals surface area contributed by atoms with Crippen LogP contribution in [-0.4, -0.2) is 32.4 Å². The van der Waals surface area contributed by atoms with Crippen LogP contribution >= 0.6 is 11.6 Å². The van der Waals surface area contributed by atoms with Crippen LogP contribution in [0.15, 0.2) is 48.9 Å². The Balaban J connectivity index is 1.50. The second-order valence-corrected chi connectivity index (χ2v) is 6.12. The maximum Gasteiger partial charge on any atom is 0.233 e. The molecule has 0 aliphatic carbocycles. The monoisotopic (exact) mass is 357 g/mol.